The van der Waals surface area contributed by atoms with E-state index in [9.17, 15) is 9.59 Å². The molecule has 2 saturated heterocycles. The van der Waals surface area contributed by atoms with Crippen molar-refractivity contribution in [3.63, 3.8) is 0 Å². The standard InChI is InChI=1S/C16H21BN2O2.C16H15N3O.C9H15BN2O2.C7H7Br.C6H6BrNO/c1-15(2)16(3,4)21-17(20-15)14-10-18-19(12-14)11-13-8-6-5-7-9-13;1-18-11-14(7-8-16(18)20)15-9-17-19(12-15)10-13-5-3-2-4-6-13;1-8(2)9(3,4)14-10(13-8)7-5-11-12-6-7;8-6-7-4-2-1-3-5-7;1-8-4-5(7)2-3-6(8)9/h5-10,12H,11H2,1-4H3;2-9,11-12H,10H2,1H3;5-6H,1-4H3,(H,11,12);1-5H,6H2;2-4H,1H3. The normalized spacial score (nSPS) is 15.7. The smallest absolute Gasteiger partial charge is 0.399 e. The maximum Gasteiger partial charge on any atom is 0.498 e. The van der Waals surface area contributed by atoms with Crippen molar-refractivity contribution in [1.29, 1.82) is 0 Å². The zero-order chi connectivity index (χ0) is 52.1. The first-order chi connectivity index (χ1) is 34.1. The van der Waals surface area contributed by atoms with Crippen LogP contribution in [0.5, 0.6) is 0 Å². The number of aryl methyl sites for hydroxylation is 2. The van der Waals surface area contributed by atoms with Crippen molar-refractivity contribution in [1.82, 2.24) is 38.9 Å². The summed E-state index contributed by atoms with van der Waals surface area (Å²) in [6.45, 7) is 17.9. The number of hydrogen-bond acceptors (Lipinski definition) is 9. The van der Waals surface area contributed by atoms with E-state index in [-0.39, 0.29) is 47.8 Å². The number of pyridine rings is 2. The van der Waals surface area contributed by atoms with Gasteiger partial charge in [-0.3, -0.25) is 24.1 Å². The molecule has 5 aromatic heterocycles. The molecule has 0 amide bonds. The lowest BCUT2D eigenvalue weighted by Crippen LogP contribution is -2.41. The molecule has 14 nitrogen and oxygen atoms in total. The van der Waals surface area contributed by atoms with E-state index in [1.165, 1.54) is 27.3 Å². The van der Waals surface area contributed by atoms with Crippen LogP contribution in [0.2, 0.25) is 0 Å². The Morgan fingerprint density at radius 3 is 1.39 bits per heavy atom. The topological polar surface area (TPSA) is 145 Å². The van der Waals surface area contributed by atoms with E-state index in [1.54, 1.807) is 49.4 Å². The van der Waals surface area contributed by atoms with Gasteiger partial charge >= 0.3 is 14.2 Å². The van der Waals surface area contributed by atoms with E-state index < -0.39 is 0 Å². The molecular formula is C54H64B2Br2N8O6. The van der Waals surface area contributed by atoms with E-state index in [2.05, 4.69) is 116 Å². The molecule has 8 aromatic rings. The van der Waals surface area contributed by atoms with E-state index in [0.29, 0.717) is 0 Å². The lowest BCUT2D eigenvalue weighted by molar-refractivity contribution is 0.00578. The summed E-state index contributed by atoms with van der Waals surface area (Å²) in [4.78, 5) is 22.1. The Bertz CT molecular complexity index is 3000. The van der Waals surface area contributed by atoms with Crippen LogP contribution in [0.3, 0.4) is 0 Å². The quantitative estimate of drug-likeness (QED) is 0.117. The molecule has 2 fully saturated rings. The van der Waals surface area contributed by atoms with Gasteiger partial charge in [-0.05, 0) is 100 Å². The van der Waals surface area contributed by atoms with Gasteiger partial charge in [0.05, 0.1) is 41.7 Å². The van der Waals surface area contributed by atoms with E-state index in [0.717, 1.165) is 44.9 Å². The van der Waals surface area contributed by atoms with Gasteiger partial charge in [-0.1, -0.05) is 107 Å². The summed E-state index contributed by atoms with van der Waals surface area (Å²) in [6, 6.07) is 37.4. The van der Waals surface area contributed by atoms with E-state index >= 15 is 0 Å². The molecule has 0 spiro atoms. The monoisotopic (exact) mass is 1100 g/mol. The average molecular weight is 1100 g/mol. The first-order valence-corrected chi connectivity index (χ1v) is 25.5. The summed E-state index contributed by atoms with van der Waals surface area (Å²) in [5.41, 5.74) is 6.46. The molecule has 0 atom stereocenters. The van der Waals surface area contributed by atoms with Crippen LogP contribution in [-0.4, -0.2) is 75.5 Å². The van der Waals surface area contributed by atoms with Gasteiger partial charge in [0.15, 0.2) is 0 Å². The van der Waals surface area contributed by atoms with Crippen molar-refractivity contribution in [3.05, 3.63) is 207 Å². The number of rotatable bonds is 8. The number of aromatic nitrogens is 8. The molecule has 0 unspecified atom stereocenters. The second-order valence-corrected chi connectivity index (χ2v) is 20.8. The number of alkyl halides is 1. The second kappa shape index (κ2) is 24.7. The van der Waals surface area contributed by atoms with Crippen LogP contribution in [0.25, 0.3) is 11.1 Å². The second-order valence-electron chi connectivity index (χ2n) is 19.4. The van der Waals surface area contributed by atoms with Crippen molar-refractivity contribution in [2.45, 2.75) is 96.2 Å². The highest BCUT2D eigenvalue weighted by Gasteiger charge is 2.53. The van der Waals surface area contributed by atoms with Gasteiger partial charge < -0.3 is 27.8 Å². The first-order valence-electron chi connectivity index (χ1n) is 23.6. The van der Waals surface area contributed by atoms with E-state index in [4.69, 9.17) is 18.6 Å². The minimum absolute atomic E-state index is 0.00886. The highest BCUT2D eigenvalue weighted by atomic mass is 79.9. The van der Waals surface area contributed by atoms with Gasteiger partial charge in [0.2, 0.25) is 11.1 Å². The number of benzene rings is 3. The molecule has 18 heteroatoms. The fraction of sp³-hybridized carbons (Fsp3) is 0.315. The summed E-state index contributed by atoms with van der Waals surface area (Å²) in [6.07, 6.45) is 14.7. The molecule has 2 aliphatic rings. The minimum Gasteiger partial charge on any atom is -0.399 e. The van der Waals surface area contributed by atoms with Crippen LogP contribution in [0.1, 0.15) is 72.1 Å². The fourth-order valence-corrected chi connectivity index (χ4v) is 7.78. The molecule has 0 aliphatic carbocycles. The Balaban J connectivity index is 0.000000154. The molecule has 2 aliphatic heterocycles. The van der Waals surface area contributed by atoms with Gasteiger partial charge in [0.25, 0.3) is 0 Å². The highest BCUT2D eigenvalue weighted by Crippen LogP contribution is 2.37. The van der Waals surface area contributed by atoms with Gasteiger partial charge in [0.1, 0.15) is 0 Å². The van der Waals surface area contributed by atoms with Crippen LogP contribution in [0.4, 0.5) is 0 Å². The lowest BCUT2D eigenvalue weighted by atomic mass is 9.82. The number of H-pyrrole nitrogens is 1. The third kappa shape index (κ3) is 15.3. The maximum atomic E-state index is 11.4. The molecule has 7 heterocycles. The summed E-state index contributed by atoms with van der Waals surface area (Å²) < 4.78 is 31.6. The average Bonchev–Trinajstić information content (AvgIpc) is 4.21. The SMILES string of the molecule is BrCc1ccccc1.CC1(C)OB(c2cn[nH]c2)OC1(C)C.CC1(C)OB(c2cnn(Cc3ccccc3)c2)OC1(C)C.Cn1cc(-c2cnn(Cc3ccccc3)c2)ccc1=O.Cn1cc(Br)ccc1=O. The lowest BCUT2D eigenvalue weighted by Gasteiger charge is -2.32. The molecule has 10 rings (SSSR count). The molecular weight excluding hydrogens is 1040 g/mol. The minimum atomic E-state index is -0.348. The third-order valence-corrected chi connectivity index (χ3v) is 13.8. The number of hydrogen-bond donors (Lipinski definition) is 1. The van der Waals surface area contributed by atoms with Crippen LogP contribution >= 0.6 is 31.9 Å². The molecule has 0 radical (unpaired) electrons. The number of halogens is 2. The van der Waals surface area contributed by atoms with Crippen LogP contribution in [0.15, 0.2) is 179 Å². The Morgan fingerprint density at radius 2 is 0.958 bits per heavy atom. The van der Waals surface area contributed by atoms with Crippen molar-refractivity contribution < 1.29 is 18.6 Å². The predicted molar refractivity (Wildman–Crippen MR) is 295 cm³/mol. The number of nitrogens with zero attached hydrogens (tertiary/aromatic N) is 7. The molecule has 0 bridgehead atoms. The first kappa shape index (κ1) is 55.4. The Kier molecular flexibility index (Phi) is 19.0. The molecule has 3 aromatic carbocycles. The Morgan fingerprint density at radius 1 is 0.514 bits per heavy atom. The van der Waals surface area contributed by atoms with Crippen molar-refractivity contribution in [2.24, 2.45) is 14.1 Å². The number of nitrogens with one attached hydrogen (secondary N) is 1. The predicted octanol–water partition coefficient (Wildman–Crippen LogP) is 8.97. The highest BCUT2D eigenvalue weighted by molar-refractivity contribution is 9.10. The summed E-state index contributed by atoms with van der Waals surface area (Å²) >= 11 is 6.59. The van der Waals surface area contributed by atoms with E-state index in [1.807, 2.05) is 129 Å². The Labute approximate surface area is 440 Å². The van der Waals surface area contributed by atoms with Crippen LogP contribution in [0, 0.1) is 0 Å². The summed E-state index contributed by atoms with van der Waals surface area (Å²) in [5.74, 6) is 0. The molecule has 1 N–H and O–H groups in total. The van der Waals surface area contributed by atoms with Gasteiger partial charge in [0, 0.05) is 101 Å². The zero-order valence-electron chi connectivity index (χ0n) is 42.7. The largest absolute Gasteiger partial charge is 0.498 e. The van der Waals surface area contributed by atoms with Crippen molar-refractivity contribution in [2.75, 3.05) is 0 Å². The van der Waals surface area contributed by atoms with Crippen LogP contribution in [-0.2, 0) is 51.1 Å². The van der Waals surface area contributed by atoms with Gasteiger partial charge in [-0.2, -0.15) is 15.3 Å². The summed E-state index contributed by atoms with van der Waals surface area (Å²) in [5, 5.41) is 16.4. The van der Waals surface area contributed by atoms with Crippen molar-refractivity contribution >= 4 is 57.0 Å². The third-order valence-electron chi connectivity index (χ3n) is 12.7. The summed E-state index contributed by atoms with van der Waals surface area (Å²) in [7, 11) is 2.81. The van der Waals surface area contributed by atoms with Gasteiger partial charge in [-0.25, -0.2) is 0 Å². The zero-order valence-corrected chi connectivity index (χ0v) is 45.9. The number of aromatic amines is 1. The molecule has 72 heavy (non-hydrogen) atoms. The maximum absolute atomic E-state index is 11.4. The fourth-order valence-electron chi connectivity index (χ4n) is 6.97. The molecule has 376 valence electrons. The van der Waals surface area contributed by atoms with Gasteiger partial charge in [-0.15, -0.1) is 0 Å². The van der Waals surface area contributed by atoms with Crippen molar-refractivity contribution in [3.8, 4) is 11.1 Å². The Hall–Kier alpha value is -5.88. The molecule has 0 saturated carbocycles. The van der Waals surface area contributed by atoms with Crippen LogP contribution < -0.4 is 22.0 Å².